The van der Waals surface area contributed by atoms with Crippen molar-refractivity contribution in [3.63, 3.8) is 0 Å². The third kappa shape index (κ3) is 4.63. The highest BCUT2D eigenvalue weighted by Crippen LogP contribution is 2.15. The fourth-order valence-electron chi connectivity index (χ4n) is 1.80. The van der Waals surface area contributed by atoms with Crippen molar-refractivity contribution in [3.8, 4) is 0 Å². The lowest BCUT2D eigenvalue weighted by atomic mass is 10.1. The van der Waals surface area contributed by atoms with Gasteiger partial charge in [0, 0.05) is 32.4 Å². The Hall–Kier alpha value is -1.13. The second-order valence-electron chi connectivity index (χ2n) is 5.00. The highest BCUT2D eigenvalue weighted by atomic mass is 15.2. The number of pyridine rings is 1. The maximum atomic E-state index is 5.75. The molecule has 0 unspecified atom stereocenters. The Balaban J connectivity index is 2.82. The molecule has 0 spiro atoms. The number of likely N-dealkylation sites (N-methyl/N-ethyl adjacent to an activating group) is 2. The van der Waals surface area contributed by atoms with E-state index in [0.717, 1.165) is 37.4 Å². The first-order valence-corrected chi connectivity index (χ1v) is 6.62. The third-order valence-corrected chi connectivity index (χ3v) is 2.94. The van der Waals surface area contributed by atoms with Gasteiger partial charge in [0.05, 0.1) is 0 Å². The molecule has 2 N–H and O–H groups in total. The van der Waals surface area contributed by atoms with Gasteiger partial charge in [-0.05, 0) is 38.2 Å². The highest BCUT2D eigenvalue weighted by Gasteiger charge is 2.06. The average molecular weight is 250 g/mol. The summed E-state index contributed by atoms with van der Waals surface area (Å²) in [6.07, 6.45) is 2.13. The Morgan fingerprint density at radius 3 is 2.44 bits per heavy atom. The average Bonchev–Trinajstić information content (AvgIpc) is 2.35. The van der Waals surface area contributed by atoms with Crippen LogP contribution in [0.3, 0.4) is 0 Å². The molecule has 0 fully saturated rings. The molecule has 0 amide bonds. The monoisotopic (exact) mass is 250 g/mol. The second-order valence-corrected chi connectivity index (χ2v) is 5.00. The number of nitrogens with two attached hydrogens (primary N) is 1. The molecule has 0 saturated carbocycles. The summed E-state index contributed by atoms with van der Waals surface area (Å²) in [5.74, 6) is 1.03. The molecule has 4 heteroatoms. The quantitative estimate of drug-likeness (QED) is 0.796. The fraction of sp³-hybridized carbons (Fsp3) is 0.643. The van der Waals surface area contributed by atoms with Gasteiger partial charge in [0.15, 0.2) is 0 Å². The molecule has 0 aromatic carbocycles. The first-order chi connectivity index (χ1) is 8.56. The van der Waals surface area contributed by atoms with Crippen molar-refractivity contribution in [2.75, 3.05) is 39.1 Å². The zero-order valence-corrected chi connectivity index (χ0v) is 12.1. The number of hydrogen-bond donors (Lipinski definition) is 1. The first kappa shape index (κ1) is 14.9. The van der Waals surface area contributed by atoms with E-state index in [4.69, 9.17) is 10.7 Å². The molecule has 0 radical (unpaired) electrons. The Morgan fingerprint density at radius 1 is 1.17 bits per heavy atom. The largest absolute Gasteiger partial charge is 0.358 e. The first-order valence-electron chi connectivity index (χ1n) is 6.62. The Kier molecular flexibility index (Phi) is 6.09. The number of aryl methyl sites for hydroxylation is 1. The number of aromatic nitrogens is 1. The fourth-order valence-corrected chi connectivity index (χ4v) is 1.80. The number of anilines is 1. The van der Waals surface area contributed by atoms with Crippen LogP contribution in [0.2, 0.25) is 0 Å². The Bertz CT molecular complexity index is 363. The predicted molar refractivity (Wildman–Crippen MR) is 77.9 cm³/mol. The smallest absolute Gasteiger partial charge is 0.128 e. The van der Waals surface area contributed by atoms with E-state index >= 15 is 0 Å². The van der Waals surface area contributed by atoms with Crippen LogP contribution in [0, 0.1) is 0 Å². The number of rotatable bonds is 7. The van der Waals surface area contributed by atoms with Crippen LogP contribution in [0.1, 0.15) is 24.6 Å². The van der Waals surface area contributed by atoms with Crippen LogP contribution in [0.25, 0.3) is 0 Å². The number of hydrogen-bond acceptors (Lipinski definition) is 4. The molecule has 102 valence electrons. The number of nitrogens with zero attached hydrogens (tertiary/aromatic N) is 3. The zero-order valence-electron chi connectivity index (χ0n) is 12.1. The highest BCUT2D eigenvalue weighted by molar-refractivity contribution is 5.42. The minimum atomic E-state index is 0.577. The molecule has 1 rings (SSSR count). The van der Waals surface area contributed by atoms with Gasteiger partial charge in [0.1, 0.15) is 5.82 Å². The van der Waals surface area contributed by atoms with Crippen LogP contribution in [0.5, 0.6) is 0 Å². The van der Waals surface area contributed by atoms with E-state index in [1.54, 1.807) is 0 Å². The van der Waals surface area contributed by atoms with Gasteiger partial charge in [0.2, 0.25) is 0 Å². The Morgan fingerprint density at radius 2 is 1.89 bits per heavy atom. The maximum Gasteiger partial charge on any atom is 0.128 e. The summed E-state index contributed by atoms with van der Waals surface area (Å²) in [7, 11) is 6.25. The van der Waals surface area contributed by atoms with E-state index < -0.39 is 0 Å². The molecule has 0 aliphatic rings. The third-order valence-electron chi connectivity index (χ3n) is 2.94. The van der Waals surface area contributed by atoms with Crippen molar-refractivity contribution in [1.29, 1.82) is 0 Å². The van der Waals surface area contributed by atoms with E-state index in [-0.39, 0.29) is 0 Å². The van der Waals surface area contributed by atoms with Gasteiger partial charge in [-0.2, -0.15) is 0 Å². The molecule has 0 bridgehead atoms. The molecule has 0 atom stereocenters. The van der Waals surface area contributed by atoms with Crippen LogP contribution >= 0.6 is 0 Å². The normalized spacial score (nSPS) is 11.0. The molecule has 1 aromatic heterocycles. The van der Waals surface area contributed by atoms with Gasteiger partial charge in [-0.3, -0.25) is 0 Å². The topological polar surface area (TPSA) is 45.4 Å². The molecular weight excluding hydrogens is 224 g/mol. The molecule has 0 aliphatic heterocycles. The summed E-state index contributed by atoms with van der Waals surface area (Å²) < 4.78 is 0. The van der Waals surface area contributed by atoms with E-state index in [1.807, 2.05) is 0 Å². The van der Waals surface area contributed by atoms with Crippen LogP contribution in [0.4, 0.5) is 5.82 Å². The van der Waals surface area contributed by atoms with Crippen molar-refractivity contribution in [2.45, 2.75) is 26.3 Å². The standard InChI is InChI=1S/C14H26N4/c1-5-6-13-9-12(11-15)10-14(16-13)18(4)8-7-17(2)3/h9-10H,5-8,11,15H2,1-4H3. The van der Waals surface area contributed by atoms with Crippen LogP contribution in [0.15, 0.2) is 12.1 Å². The summed E-state index contributed by atoms with van der Waals surface area (Å²) >= 11 is 0. The van der Waals surface area contributed by atoms with Gasteiger partial charge >= 0.3 is 0 Å². The molecule has 1 heterocycles. The summed E-state index contributed by atoms with van der Waals surface area (Å²) in [5, 5.41) is 0. The lowest BCUT2D eigenvalue weighted by molar-refractivity contribution is 0.416. The minimum Gasteiger partial charge on any atom is -0.358 e. The van der Waals surface area contributed by atoms with Gasteiger partial charge < -0.3 is 15.5 Å². The molecule has 0 aliphatic carbocycles. The minimum absolute atomic E-state index is 0.577. The van der Waals surface area contributed by atoms with Gasteiger partial charge in [-0.1, -0.05) is 13.3 Å². The molecule has 0 saturated heterocycles. The van der Waals surface area contributed by atoms with E-state index in [2.05, 4.69) is 50.0 Å². The predicted octanol–water partition coefficient (Wildman–Crippen LogP) is 1.49. The molecular formula is C14H26N4. The van der Waals surface area contributed by atoms with Crippen LogP contribution < -0.4 is 10.6 Å². The van der Waals surface area contributed by atoms with Crippen molar-refractivity contribution in [2.24, 2.45) is 5.73 Å². The van der Waals surface area contributed by atoms with Crippen molar-refractivity contribution >= 4 is 5.82 Å². The lowest BCUT2D eigenvalue weighted by Crippen LogP contribution is -2.29. The van der Waals surface area contributed by atoms with E-state index in [1.165, 1.54) is 5.56 Å². The van der Waals surface area contributed by atoms with E-state index in [0.29, 0.717) is 6.54 Å². The summed E-state index contributed by atoms with van der Waals surface area (Å²) in [5.41, 5.74) is 8.06. The second kappa shape index (κ2) is 7.34. The summed E-state index contributed by atoms with van der Waals surface area (Å²) in [6.45, 7) is 4.74. The summed E-state index contributed by atoms with van der Waals surface area (Å²) in [6, 6.07) is 4.21. The molecule has 18 heavy (non-hydrogen) atoms. The van der Waals surface area contributed by atoms with Crippen LogP contribution in [-0.2, 0) is 13.0 Å². The summed E-state index contributed by atoms with van der Waals surface area (Å²) in [4.78, 5) is 9.07. The maximum absolute atomic E-state index is 5.75. The lowest BCUT2D eigenvalue weighted by Gasteiger charge is -2.21. The van der Waals surface area contributed by atoms with Crippen LogP contribution in [-0.4, -0.2) is 44.1 Å². The van der Waals surface area contributed by atoms with Gasteiger partial charge in [-0.25, -0.2) is 4.98 Å². The molecule has 4 nitrogen and oxygen atoms in total. The molecule has 1 aromatic rings. The van der Waals surface area contributed by atoms with Crippen molar-refractivity contribution in [1.82, 2.24) is 9.88 Å². The van der Waals surface area contributed by atoms with E-state index in [9.17, 15) is 0 Å². The SMILES string of the molecule is CCCc1cc(CN)cc(N(C)CCN(C)C)n1. The van der Waals surface area contributed by atoms with Gasteiger partial charge in [0.25, 0.3) is 0 Å². The zero-order chi connectivity index (χ0) is 13.5. The van der Waals surface area contributed by atoms with Crippen molar-refractivity contribution < 1.29 is 0 Å². The van der Waals surface area contributed by atoms with Crippen molar-refractivity contribution in [3.05, 3.63) is 23.4 Å². The van der Waals surface area contributed by atoms with Gasteiger partial charge in [-0.15, -0.1) is 0 Å². The Labute approximate surface area is 111 Å².